The van der Waals surface area contributed by atoms with Crippen molar-refractivity contribution in [1.82, 2.24) is 0 Å². The molecule has 0 aliphatic heterocycles. The lowest BCUT2D eigenvalue weighted by molar-refractivity contribution is -0.143. The molecule has 2 aromatic rings. The van der Waals surface area contributed by atoms with Gasteiger partial charge in [0.1, 0.15) is 5.60 Å². The molecule has 0 fully saturated rings. The third-order valence-electron chi connectivity index (χ3n) is 3.83. The molecule has 2 rings (SSSR count). The first-order valence-electron chi connectivity index (χ1n) is 7.70. The lowest BCUT2D eigenvalue weighted by Gasteiger charge is -2.26. The fourth-order valence-electron chi connectivity index (χ4n) is 2.41. The van der Waals surface area contributed by atoms with Gasteiger partial charge in [0.2, 0.25) is 0 Å². The second-order valence-electron chi connectivity index (χ2n) is 5.96. The summed E-state index contributed by atoms with van der Waals surface area (Å²) in [4.78, 5) is 0. The molecular formula is C18H16F6O3. The summed E-state index contributed by atoms with van der Waals surface area (Å²) in [5.41, 5.74) is -4.79. The fraction of sp³-hybridized carbons (Fsp3) is 0.333. The molecule has 0 unspecified atom stereocenters. The van der Waals surface area contributed by atoms with Crippen molar-refractivity contribution in [3.05, 3.63) is 70.8 Å². The average molecular weight is 394 g/mol. The molecule has 148 valence electrons. The summed E-state index contributed by atoms with van der Waals surface area (Å²) in [6, 6.07) is 9.00. The highest BCUT2D eigenvalue weighted by molar-refractivity contribution is 5.33. The topological polar surface area (TPSA) is 49.7 Å². The van der Waals surface area contributed by atoms with Gasteiger partial charge in [-0.15, -0.1) is 0 Å². The smallest absolute Gasteiger partial charge is 0.393 e. The quantitative estimate of drug-likeness (QED) is 0.725. The Bertz CT molecular complexity index is 726. The number of aliphatic hydroxyl groups is 2. The molecule has 9 heteroatoms. The fourth-order valence-corrected chi connectivity index (χ4v) is 2.41. The van der Waals surface area contributed by atoms with Crippen molar-refractivity contribution in [3.63, 3.8) is 0 Å². The van der Waals surface area contributed by atoms with Crippen molar-refractivity contribution in [2.24, 2.45) is 0 Å². The number of rotatable bonds is 6. The number of halogens is 6. The largest absolute Gasteiger partial charge is 0.416 e. The zero-order chi connectivity index (χ0) is 20.3. The van der Waals surface area contributed by atoms with Gasteiger partial charge in [-0.2, -0.15) is 26.3 Å². The first-order chi connectivity index (χ1) is 12.5. The monoisotopic (exact) mass is 394 g/mol. The summed E-state index contributed by atoms with van der Waals surface area (Å²) < 4.78 is 82.2. The van der Waals surface area contributed by atoms with Crippen LogP contribution in [0.1, 0.15) is 22.3 Å². The summed E-state index contributed by atoms with van der Waals surface area (Å²) >= 11 is 0. The molecule has 0 aromatic heterocycles. The van der Waals surface area contributed by atoms with Gasteiger partial charge in [0.25, 0.3) is 0 Å². The van der Waals surface area contributed by atoms with E-state index in [4.69, 9.17) is 4.74 Å². The SMILES string of the molecule is OC[C@@](O)(COCc1cc(C(F)(F)F)cc(C(F)(F)F)c1)c1ccccc1. The van der Waals surface area contributed by atoms with E-state index >= 15 is 0 Å². The molecule has 0 aliphatic rings. The number of hydrogen-bond acceptors (Lipinski definition) is 3. The molecule has 3 nitrogen and oxygen atoms in total. The molecule has 27 heavy (non-hydrogen) atoms. The van der Waals surface area contributed by atoms with Crippen molar-refractivity contribution in [2.45, 2.75) is 24.6 Å². The molecule has 0 aliphatic carbocycles. The first-order valence-corrected chi connectivity index (χ1v) is 7.70. The van der Waals surface area contributed by atoms with E-state index < -0.39 is 48.9 Å². The second kappa shape index (κ2) is 7.87. The lowest BCUT2D eigenvalue weighted by Crippen LogP contribution is -2.35. The van der Waals surface area contributed by atoms with Crippen LogP contribution in [0.3, 0.4) is 0 Å². The van der Waals surface area contributed by atoms with E-state index in [1.165, 1.54) is 12.1 Å². The molecule has 0 saturated heterocycles. The minimum atomic E-state index is -4.95. The highest BCUT2D eigenvalue weighted by Gasteiger charge is 2.37. The molecule has 2 N–H and O–H groups in total. The minimum Gasteiger partial charge on any atom is -0.393 e. The number of hydrogen-bond donors (Lipinski definition) is 2. The molecule has 0 radical (unpaired) electrons. The van der Waals surface area contributed by atoms with Gasteiger partial charge in [-0.25, -0.2) is 0 Å². The third kappa shape index (κ3) is 5.44. The summed E-state index contributed by atoms with van der Waals surface area (Å²) in [5.74, 6) is 0. The predicted octanol–water partition coefficient (Wildman–Crippen LogP) is 4.12. The van der Waals surface area contributed by atoms with Gasteiger partial charge in [-0.1, -0.05) is 30.3 Å². The Balaban J connectivity index is 2.19. The van der Waals surface area contributed by atoms with Gasteiger partial charge in [0.05, 0.1) is 30.9 Å². The predicted molar refractivity (Wildman–Crippen MR) is 83.5 cm³/mol. The molecular weight excluding hydrogens is 378 g/mol. The van der Waals surface area contributed by atoms with Crippen molar-refractivity contribution >= 4 is 0 Å². The van der Waals surface area contributed by atoms with E-state index in [1.54, 1.807) is 18.2 Å². The zero-order valence-corrected chi connectivity index (χ0v) is 13.8. The molecule has 0 amide bonds. The van der Waals surface area contributed by atoms with E-state index in [-0.39, 0.29) is 11.6 Å². The van der Waals surface area contributed by atoms with Crippen LogP contribution >= 0.6 is 0 Å². The molecule has 0 heterocycles. The van der Waals surface area contributed by atoms with E-state index in [2.05, 4.69) is 0 Å². The Morgan fingerprint density at radius 3 is 1.74 bits per heavy atom. The normalized spacial score (nSPS) is 14.8. The zero-order valence-electron chi connectivity index (χ0n) is 13.8. The highest BCUT2D eigenvalue weighted by atomic mass is 19.4. The summed E-state index contributed by atoms with van der Waals surface area (Å²) in [6.07, 6.45) is -9.90. The van der Waals surface area contributed by atoms with Crippen molar-refractivity contribution in [3.8, 4) is 0 Å². The Morgan fingerprint density at radius 1 is 0.778 bits per heavy atom. The lowest BCUT2D eigenvalue weighted by atomic mass is 9.96. The van der Waals surface area contributed by atoms with Crippen LogP contribution in [0.4, 0.5) is 26.3 Å². The summed E-state index contributed by atoms with van der Waals surface area (Å²) in [6.45, 7) is -1.87. The number of alkyl halides is 6. The van der Waals surface area contributed by atoms with Crippen LogP contribution in [-0.4, -0.2) is 23.4 Å². The van der Waals surface area contributed by atoms with Crippen LogP contribution in [0.5, 0.6) is 0 Å². The average Bonchev–Trinajstić information content (AvgIpc) is 2.60. The van der Waals surface area contributed by atoms with E-state index in [1.807, 2.05) is 0 Å². The Kier molecular flexibility index (Phi) is 6.18. The molecule has 0 saturated carbocycles. The summed E-state index contributed by atoms with van der Waals surface area (Å²) in [7, 11) is 0. The number of aliphatic hydroxyl groups excluding tert-OH is 1. The molecule has 0 spiro atoms. The molecule has 0 bridgehead atoms. The van der Waals surface area contributed by atoms with Crippen molar-refractivity contribution in [1.29, 1.82) is 0 Å². The van der Waals surface area contributed by atoms with E-state index in [9.17, 15) is 36.6 Å². The van der Waals surface area contributed by atoms with Gasteiger partial charge in [-0.3, -0.25) is 0 Å². The van der Waals surface area contributed by atoms with Crippen LogP contribution in [0.25, 0.3) is 0 Å². The van der Waals surface area contributed by atoms with Crippen LogP contribution in [0.15, 0.2) is 48.5 Å². The minimum absolute atomic E-state index is 0.0253. The van der Waals surface area contributed by atoms with E-state index in [0.717, 1.165) is 0 Å². The standard InChI is InChI=1S/C18H16F6O3/c19-17(20,21)14-6-12(7-15(8-14)18(22,23)24)9-27-11-16(26,10-25)13-4-2-1-3-5-13/h1-8,25-26H,9-11H2/t16-/m1/s1. The second-order valence-corrected chi connectivity index (χ2v) is 5.96. The van der Waals surface area contributed by atoms with Crippen molar-refractivity contribution < 1.29 is 41.3 Å². The Hall–Kier alpha value is -2.10. The summed E-state index contributed by atoms with van der Waals surface area (Å²) in [5, 5.41) is 19.8. The van der Waals surface area contributed by atoms with Crippen molar-refractivity contribution in [2.75, 3.05) is 13.2 Å². The van der Waals surface area contributed by atoms with Gasteiger partial charge in [-0.05, 0) is 29.3 Å². The van der Waals surface area contributed by atoms with E-state index in [0.29, 0.717) is 17.7 Å². The third-order valence-corrected chi connectivity index (χ3v) is 3.83. The van der Waals surface area contributed by atoms with Gasteiger partial charge in [0.15, 0.2) is 0 Å². The Morgan fingerprint density at radius 2 is 1.30 bits per heavy atom. The van der Waals surface area contributed by atoms with Crippen LogP contribution in [0.2, 0.25) is 0 Å². The maximum Gasteiger partial charge on any atom is 0.416 e. The van der Waals surface area contributed by atoms with Gasteiger partial charge in [0, 0.05) is 0 Å². The van der Waals surface area contributed by atoms with Crippen LogP contribution in [-0.2, 0) is 29.3 Å². The highest BCUT2D eigenvalue weighted by Crippen LogP contribution is 2.36. The number of benzene rings is 2. The Labute approximate surface area is 150 Å². The molecule has 2 aromatic carbocycles. The number of ether oxygens (including phenoxy) is 1. The van der Waals surface area contributed by atoms with Crippen LogP contribution < -0.4 is 0 Å². The maximum atomic E-state index is 12.8. The van der Waals surface area contributed by atoms with Gasteiger partial charge < -0.3 is 14.9 Å². The van der Waals surface area contributed by atoms with Gasteiger partial charge >= 0.3 is 12.4 Å². The maximum absolute atomic E-state index is 12.8. The van der Waals surface area contributed by atoms with Crippen LogP contribution in [0, 0.1) is 0 Å². The molecule has 1 atom stereocenters. The first kappa shape index (κ1) is 21.2.